The van der Waals surface area contributed by atoms with Crippen LogP contribution in [0.15, 0.2) is 66.8 Å². The summed E-state index contributed by atoms with van der Waals surface area (Å²) in [7, 11) is 0. The number of hydrogen-bond acceptors (Lipinski definition) is 3. The van der Waals surface area contributed by atoms with E-state index in [1.165, 1.54) is 4.90 Å². The first-order chi connectivity index (χ1) is 12.5. The summed E-state index contributed by atoms with van der Waals surface area (Å²) in [6.07, 6.45) is 1.54. The van der Waals surface area contributed by atoms with Crippen molar-refractivity contribution in [3.05, 3.63) is 88.5 Å². The number of hydrogen-bond donors (Lipinski definition) is 1. The van der Waals surface area contributed by atoms with Gasteiger partial charge in [0.15, 0.2) is 0 Å². The average molecular weight is 368 g/mol. The van der Waals surface area contributed by atoms with Crippen LogP contribution >= 0.6 is 11.6 Å². The van der Waals surface area contributed by atoms with Crippen LogP contribution < -0.4 is 0 Å². The highest BCUT2D eigenvalue weighted by molar-refractivity contribution is 6.47. The van der Waals surface area contributed by atoms with Gasteiger partial charge in [-0.25, -0.2) is 0 Å². The summed E-state index contributed by atoms with van der Waals surface area (Å²) in [5.74, 6) is -1.61. The van der Waals surface area contributed by atoms with E-state index in [0.717, 1.165) is 5.56 Å². The summed E-state index contributed by atoms with van der Waals surface area (Å²) in [4.78, 5) is 26.6. The molecule has 1 amide bonds. The first-order valence-electron chi connectivity index (χ1n) is 8.16. The quantitative estimate of drug-likeness (QED) is 0.380. The Balaban J connectivity index is 2.23. The molecule has 0 aliphatic carbocycles. The van der Waals surface area contributed by atoms with Gasteiger partial charge in [-0.3, -0.25) is 9.59 Å². The molecule has 1 atom stereocenters. The van der Waals surface area contributed by atoms with Crippen molar-refractivity contribution in [2.75, 3.05) is 6.54 Å². The molecule has 1 aliphatic rings. The van der Waals surface area contributed by atoms with E-state index in [4.69, 9.17) is 11.6 Å². The number of carbonyl (C=O) groups excluding carboxylic acids is 2. The molecule has 0 aromatic heterocycles. The Morgan fingerprint density at radius 1 is 1.19 bits per heavy atom. The number of benzene rings is 2. The number of aliphatic hydroxyl groups is 1. The minimum Gasteiger partial charge on any atom is -0.507 e. The Hall–Kier alpha value is -2.85. The molecule has 3 rings (SSSR count). The maximum Gasteiger partial charge on any atom is 0.295 e. The van der Waals surface area contributed by atoms with E-state index in [9.17, 15) is 14.7 Å². The number of Topliss-reactive ketones (excluding diaryl/α,β-unsaturated/α-hetero) is 1. The second-order valence-corrected chi connectivity index (χ2v) is 6.53. The number of halogens is 1. The second-order valence-electron chi connectivity index (χ2n) is 6.13. The van der Waals surface area contributed by atoms with Crippen molar-refractivity contribution in [3.8, 4) is 0 Å². The molecular formula is C21H18ClNO3. The first kappa shape index (κ1) is 18.0. The summed E-state index contributed by atoms with van der Waals surface area (Å²) >= 11 is 6.32. The van der Waals surface area contributed by atoms with E-state index >= 15 is 0 Å². The van der Waals surface area contributed by atoms with Crippen molar-refractivity contribution in [3.63, 3.8) is 0 Å². The van der Waals surface area contributed by atoms with Gasteiger partial charge in [-0.1, -0.05) is 65.7 Å². The smallest absolute Gasteiger partial charge is 0.295 e. The highest BCUT2D eigenvalue weighted by atomic mass is 35.5. The Bertz CT molecular complexity index is 915. The lowest BCUT2D eigenvalue weighted by Crippen LogP contribution is -2.29. The number of ketones is 1. The monoisotopic (exact) mass is 367 g/mol. The largest absolute Gasteiger partial charge is 0.507 e. The molecule has 0 spiro atoms. The molecule has 1 heterocycles. The van der Waals surface area contributed by atoms with Gasteiger partial charge in [0.2, 0.25) is 0 Å². The summed E-state index contributed by atoms with van der Waals surface area (Å²) < 4.78 is 0. The van der Waals surface area contributed by atoms with E-state index in [0.29, 0.717) is 16.1 Å². The molecule has 2 aromatic carbocycles. The van der Waals surface area contributed by atoms with Gasteiger partial charge < -0.3 is 10.0 Å². The van der Waals surface area contributed by atoms with Crippen molar-refractivity contribution in [1.29, 1.82) is 0 Å². The number of amides is 1. The fourth-order valence-corrected chi connectivity index (χ4v) is 3.33. The van der Waals surface area contributed by atoms with E-state index in [1.807, 2.05) is 19.1 Å². The van der Waals surface area contributed by atoms with Gasteiger partial charge in [0.1, 0.15) is 5.76 Å². The Morgan fingerprint density at radius 2 is 1.85 bits per heavy atom. The van der Waals surface area contributed by atoms with Crippen LogP contribution in [0, 0.1) is 6.92 Å². The standard InChI is InChI=1S/C21H18ClNO3/c1-3-12-23-18(15-6-4-5-7-16(15)22)17(20(25)21(23)26)19(24)14-10-8-13(2)9-11-14/h3-11,18,24H,1,12H2,2H3/t18-/m0/s1. The third-order valence-corrected chi connectivity index (χ3v) is 4.73. The summed E-state index contributed by atoms with van der Waals surface area (Å²) in [6, 6.07) is 13.3. The summed E-state index contributed by atoms with van der Waals surface area (Å²) in [6.45, 7) is 5.75. The fraction of sp³-hybridized carbons (Fsp3) is 0.143. The maximum absolute atomic E-state index is 12.7. The topological polar surface area (TPSA) is 57.6 Å². The predicted molar refractivity (Wildman–Crippen MR) is 102 cm³/mol. The van der Waals surface area contributed by atoms with E-state index < -0.39 is 17.7 Å². The minimum atomic E-state index is -0.761. The van der Waals surface area contributed by atoms with Crippen LogP contribution in [0.4, 0.5) is 0 Å². The zero-order chi connectivity index (χ0) is 18.8. The first-order valence-corrected chi connectivity index (χ1v) is 8.54. The minimum absolute atomic E-state index is 0.0359. The molecule has 5 heteroatoms. The van der Waals surface area contributed by atoms with Crippen LogP contribution in [0.3, 0.4) is 0 Å². The molecule has 0 saturated carbocycles. The number of aliphatic hydroxyl groups excluding tert-OH is 1. The maximum atomic E-state index is 12.7. The Kier molecular flexibility index (Phi) is 4.96. The van der Waals surface area contributed by atoms with Crippen LogP contribution in [-0.4, -0.2) is 28.2 Å². The molecule has 2 aromatic rings. The van der Waals surface area contributed by atoms with E-state index in [2.05, 4.69) is 6.58 Å². The molecule has 0 radical (unpaired) electrons. The SMILES string of the molecule is C=CCN1C(=O)C(=O)C(=C(O)c2ccc(C)cc2)[C@@H]1c1ccccc1Cl. The van der Waals surface area contributed by atoms with Crippen molar-refractivity contribution in [2.24, 2.45) is 0 Å². The van der Waals surface area contributed by atoms with Crippen molar-refractivity contribution in [2.45, 2.75) is 13.0 Å². The Labute approximate surface area is 157 Å². The fourth-order valence-electron chi connectivity index (χ4n) is 3.09. The normalized spacial score (nSPS) is 19.0. The molecule has 4 nitrogen and oxygen atoms in total. The Morgan fingerprint density at radius 3 is 2.46 bits per heavy atom. The third-order valence-electron chi connectivity index (χ3n) is 4.39. The molecule has 132 valence electrons. The highest BCUT2D eigenvalue weighted by Crippen LogP contribution is 2.41. The van der Waals surface area contributed by atoms with E-state index in [1.54, 1.807) is 42.5 Å². The number of likely N-dealkylation sites (tertiary alicyclic amines) is 1. The van der Waals surface area contributed by atoms with Crippen LogP contribution in [0.5, 0.6) is 0 Å². The van der Waals surface area contributed by atoms with Crippen molar-refractivity contribution < 1.29 is 14.7 Å². The molecule has 26 heavy (non-hydrogen) atoms. The molecule has 1 fully saturated rings. The van der Waals surface area contributed by atoms with Gasteiger partial charge in [0.05, 0.1) is 11.6 Å². The van der Waals surface area contributed by atoms with Gasteiger partial charge in [0, 0.05) is 17.1 Å². The molecule has 0 unspecified atom stereocenters. The predicted octanol–water partition coefficient (Wildman–Crippen LogP) is 4.26. The zero-order valence-electron chi connectivity index (χ0n) is 14.3. The lowest BCUT2D eigenvalue weighted by molar-refractivity contribution is -0.139. The number of carbonyl (C=O) groups is 2. The summed E-state index contributed by atoms with van der Waals surface area (Å²) in [5, 5.41) is 11.2. The third kappa shape index (κ3) is 3.04. The van der Waals surface area contributed by atoms with Crippen LogP contribution in [0.1, 0.15) is 22.7 Å². The van der Waals surface area contributed by atoms with Gasteiger partial charge >= 0.3 is 0 Å². The highest BCUT2D eigenvalue weighted by Gasteiger charge is 2.46. The van der Waals surface area contributed by atoms with Gasteiger partial charge in [-0.2, -0.15) is 0 Å². The van der Waals surface area contributed by atoms with Gasteiger partial charge in [-0.15, -0.1) is 6.58 Å². The zero-order valence-corrected chi connectivity index (χ0v) is 15.0. The van der Waals surface area contributed by atoms with Crippen LogP contribution in [0.25, 0.3) is 5.76 Å². The van der Waals surface area contributed by atoms with Crippen LogP contribution in [0.2, 0.25) is 5.02 Å². The molecular weight excluding hydrogens is 350 g/mol. The number of aryl methyl sites for hydroxylation is 1. The average Bonchev–Trinajstić information content (AvgIpc) is 2.87. The molecule has 0 bridgehead atoms. The molecule has 1 N–H and O–H groups in total. The molecule has 1 saturated heterocycles. The van der Waals surface area contributed by atoms with Gasteiger partial charge in [0.25, 0.3) is 11.7 Å². The van der Waals surface area contributed by atoms with E-state index in [-0.39, 0.29) is 17.9 Å². The van der Waals surface area contributed by atoms with Gasteiger partial charge in [-0.05, 0) is 18.6 Å². The summed E-state index contributed by atoms with van der Waals surface area (Å²) in [5.41, 5.74) is 2.12. The van der Waals surface area contributed by atoms with Crippen molar-refractivity contribution in [1.82, 2.24) is 4.90 Å². The molecule has 1 aliphatic heterocycles. The lowest BCUT2D eigenvalue weighted by Gasteiger charge is -2.24. The van der Waals surface area contributed by atoms with Crippen LogP contribution in [-0.2, 0) is 9.59 Å². The second kappa shape index (κ2) is 7.18. The van der Waals surface area contributed by atoms with Crippen molar-refractivity contribution >= 4 is 29.1 Å². The number of nitrogens with zero attached hydrogens (tertiary/aromatic N) is 1. The number of rotatable bonds is 4. The lowest BCUT2D eigenvalue weighted by atomic mass is 9.95.